The molecule has 0 aromatic heterocycles. The Bertz CT molecular complexity index is 638. The van der Waals surface area contributed by atoms with E-state index in [-0.39, 0.29) is 5.91 Å². The van der Waals surface area contributed by atoms with Crippen LogP contribution in [0.3, 0.4) is 0 Å². The van der Waals surface area contributed by atoms with Crippen molar-refractivity contribution in [1.29, 1.82) is 0 Å². The molecular weight excluding hydrogens is 370 g/mol. The van der Waals surface area contributed by atoms with E-state index in [2.05, 4.69) is 37.2 Å². The molecule has 98 valence electrons. The molecule has 2 nitrogen and oxygen atoms in total. The van der Waals surface area contributed by atoms with Gasteiger partial charge in [-0.3, -0.25) is 4.79 Å². The predicted molar refractivity (Wildman–Crippen MR) is 85.7 cm³/mol. The minimum Gasteiger partial charge on any atom is -0.322 e. The fourth-order valence-electron chi connectivity index (χ4n) is 1.81. The lowest BCUT2D eigenvalue weighted by atomic mass is 10.1. The Balaban J connectivity index is 2.28. The molecule has 0 saturated carbocycles. The summed E-state index contributed by atoms with van der Waals surface area (Å²) in [6.07, 6.45) is 0. The normalized spacial score (nSPS) is 10.3. The molecule has 0 bridgehead atoms. The molecule has 0 unspecified atom stereocenters. The summed E-state index contributed by atoms with van der Waals surface area (Å²) in [5, 5.41) is 2.93. The number of benzene rings is 2. The van der Waals surface area contributed by atoms with Crippen LogP contribution in [0.5, 0.6) is 0 Å². The molecule has 0 aliphatic heterocycles. The zero-order chi connectivity index (χ0) is 14.0. The second kappa shape index (κ2) is 5.88. The Labute approximate surface area is 129 Å². The van der Waals surface area contributed by atoms with Gasteiger partial charge in [0.25, 0.3) is 5.91 Å². The summed E-state index contributed by atoms with van der Waals surface area (Å²) in [6, 6.07) is 11.5. The van der Waals surface area contributed by atoms with E-state index in [9.17, 15) is 4.79 Å². The monoisotopic (exact) mass is 381 g/mol. The number of nitrogens with one attached hydrogen (secondary N) is 1. The van der Waals surface area contributed by atoms with E-state index in [1.807, 2.05) is 44.2 Å². The average molecular weight is 383 g/mol. The van der Waals surface area contributed by atoms with Crippen LogP contribution in [0.2, 0.25) is 0 Å². The highest BCUT2D eigenvalue weighted by Crippen LogP contribution is 2.23. The van der Waals surface area contributed by atoms with Crippen molar-refractivity contribution in [2.24, 2.45) is 0 Å². The minimum atomic E-state index is -0.125. The number of aryl methyl sites for hydroxylation is 2. The Hall–Kier alpha value is -1.13. The van der Waals surface area contributed by atoms with Crippen molar-refractivity contribution in [2.45, 2.75) is 13.8 Å². The van der Waals surface area contributed by atoms with Crippen LogP contribution in [0.1, 0.15) is 21.5 Å². The lowest BCUT2D eigenvalue weighted by molar-refractivity contribution is 0.102. The van der Waals surface area contributed by atoms with Gasteiger partial charge >= 0.3 is 0 Å². The third-order valence-corrected chi connectivity index (χ3v) is 3.99. The molecule has 4 heteroatoms. The maximum absolute atomic E-state index is 12.3. The molecule has 2 aromatic rings. The summed E-state index contributed by atoms with van der Waals surface area (Å²) in [6.45, 7) is 4.02. The SMILES string of the molecule is Cc1ccc(NC(=O)c2cc(Br)ccc2Br)c(C)c1. The fourth-order valence-corrected chi connectivity index (χ4v) is 2.60. The summed E-state index contributed by atoms with van der Waals surface area (Å²) in [5.41, 5.74) is 3.68. The Morgan fingerprint density at radius 3 is 2.47 bits per heavy atom. The topological polar surface area (TPSA) is 29.1 Å². The van der Waals surface area contributed by atoms with Crippen LogP contribution < -0.4 is 5.32 Å². The van der Waals surface area contributed by atoms with Crippen LogP contribution in [-0.2, 0) is 0 Å². The lowest BCUT2D eigenvalue weighted by Gasteiger charge is -2.10. The number of hydrogen-bond acceptors (Lipinski definition) is 1. The lowest BCUT2D eigenvalue weighted by Crippen LogP contribution is -2.13. The number of halogens is 2. The van der Waals surface area contributed by atoms with Gasteiger partial charge < -0.3 is 5.32 Å². The third kappa shape index (κ3) is 3.45. The number of amides is 1. The van der Waals surface area contributed by atoms with Crippen molar-refractivity contribution in [2.75, 3.05) is 5.32 Å². The largest absolute Gasteiger partial charge is 0.322 e. The van der Waals surface area contributed by atoms with Crippen molar-refractivity contribution >= 4 is 43.5 Å². The second-order valence-electron chi connectivity index (χ2n) is 4.40. The second-order valence-corrected chi connectivity index (χ2v) is 6.17. The van der Waals surface area contributed by atoms with Crippen molar-refractivity contribution < 1.29 is 4.79 Å². The van der Waals surface area contributed by atoms with Gasteiger partial charge in [0, 0.05) is 14.6 Å². The molecule has 2 aromatic carbocycles. The first-order valence-electron chi connectivity index (χ1n) is 5.81. The summed E-state index contributed by atoms with van der Waals surface area (Å²) in [5.74, 6) is -0.125. The van der Waals surface area contributed by atoms with E-state index in [0.717, 1.165) is 20.2 Å². The summed E-state index contributed by atoms with van der Waals surface area (Å²) >= 11 is 6.77. The highest BCUT2D eigenvalue weighted by molar-refractivity contribution is 9.11. The van der Waals surface area contributed by atoms with Gasteiger partial charge in [0.2, 0.25) is 0 Å². The summed E-state index contributed by atoms with van der Waals surface area (Å²) < 4.78 is 1.65. The van der Waals surface area contributed by atoms with Crippen LogP contribution in [0, 0.1) is 13.8 Å². The van der Waals surface area contributed by atoms with Gasteiger partial charge in [0.05, 0.1) is 5.56 Å². The Morgan fingerprint density at radius 2 is 1.79 bits per heavy atom. The van der Waals surface area contributed by atoms with Gasteiger partial charge in [0.15, 0.2) is 0 Å². The highest BCUT2D eigenvalue weighted by atomic mass is 79.9. The van der Waals surface area contributed by atoms with Crippen molar-refractivity contribution in [3.8, 4) is 0 Å². The molecule has 19 heavy (non-hydrogen) atoms. The van der Waals surface area contributed by atoms with Gasteiger partial charge in [-0.05, 0) is 59.6 Å². The molecule has 0 fully saturated rings. The van der Waals surface area contributed by atoms with E-state index >= 15 is 0 Å². The van der Waals surface area contributed by atoms with Gasteiger partial charge in [-0.15, -0.1) is 0 Å². The van der Waals surface area contributed by atoms with E-state index < -0.39 is 0 Å². The Morgan fingerprint density at radius 1 is 1.05 bits per heavy atom. The smallest absolute Gasteiger partial charge is 0.256 e. The molecule has 0 radical (unpaired) electrons. The van der Waals surface area contributed by atoms with E-state index in [0.29, 0.717) is 5.56 Å². The van der Waals surface area contributed by atoms with E-state index in [1.165, 1.54) is 5.56 Å². The van der Waals surface area contributed by atoms with Crippen LogP contribution in [0.15, 0.2) is 45.3 Å². The number of carbonyl (C=O) groups excluding carboxylic acids is 1. The van der Waals surface area contributed by atoms with Gasteiger partial charge in [-0.25, -0.2) is 0 Å². The predicted octanol–water partition coefficient (Wildman–Crippen LogP) is 5.08. The standard InChI is InChI=1S/C15H13Br2NO/c1-9-3-6-14(10(2)7-9)18-15(19)12-8-11(16)4-5-13(12)17/h3-8H,1-2H3,(H,18,19). The molecule has 0 spiro atoms. The third-order valence-electron chi connectivity index (χ3n) is 2.80. The Kier molecular flexibility index (Phi) is 4.42. The first-order valence-corrected chi connectivity index (χ1v) is 7.39. The van der Waals surface area contributed by atoms with Crippen LogP contribution in [0.25, 0.3) is 0 Å². The molecule has 0 atom stereocenters. The minimum absolute atomic E-state index is 0.125. The van der Waals surface area contributed by atoms with Crippen molar-refractivity contribution in [3.63, 3.8) is 0 Å². The summed E-state index contributed by atoms with van der Waals surface area (Å²) in [7, 11) is 0. The molecule has 2 rings (SSSR count). The molecular formula is C15H13Br2NO. The maximum Gasteiger partial charge on any atom is 0.256 e. The van der Waals surface area contributed by atoms with Gasteiger partial charge in [-0.1, -0.05) is 33.6 Å². The molecule has 0 saturated heterocycles. The highest BCUT2D eigenvalue weighted by Gasteiger charge is 2.11. The first kappa shape index (κ1) is 14.3. The average Bonchev–Trinajstić information content (AvgIpc) is 2.35. The number of anilines is 1. The van der Waals surface area contributed by atoms with Crippen molar-refractivity contribution in [1.82, 2.24) is 0 Å². The van der Waals surface area contributed by atoms with E-state index in [4.69, 9.17) is 0 Å². The quantitative estimate of drug-likeness (QED) is 0.770. The van der Waals surface area contributed by atoms with Crippen LogP contribution in [-0.4, -0.2) is 5.91 Å². The summed E-state index contributed by atoms with van der Waals surface area (Å²) in [4.78, 5) is 12.3. The number of rotatable bonds is 2. The molecule has 0 aliphatic carbocycles. The van der Waals surface area contributed by atoms with Gasteiger partial charge in [0.1, 0.15) is 0 Å². The van der Waals surface area contributed by atoms with E-state index in [1.54, 1.807) is 6.07 Å². The number of hydrogen-bond donors (Lipinski definition) is 1. The van der Waals surface area contributed by atoms with Crippen LogP contribution >= 0.6 is 31.9 Å². The molecule has 1 N–H and O–H groups in total. The molecule has 0 aliphatic rings. The van der Waals surface area contributed by atoms with Crippen molar-refractivity contribution in [3.05, 3.63) is 62.0 Å². The zero-order valence-corrected chi connectivity index (χ0v) is 13.8. The fraction of sp³-hybridized carbons (Fsp3) is 0.133. The maximum atomic E-state index is 12.3. The molecule has 0 heterocycles. The van der Waals surface area contributed by atoms with Gasteiger partial charge in [-0.2, -0.15) is 0 Å². The zero-order valence-electron chi connectivity index (χ0n) is 10.6. The first-order chi connectivity index (χ1) is 8.97. The number of carbonyl (C=O) groups is 1. The molecule has 1 amide bonds. The van der Waals surface area contributed by atoms with Crippen LogP contribution in [0.4, 0.5) is 5.69 Å².